The first-order valence-electron chi connectivity index (χ1n) is 26.3. The first-order chi connectivity index (χ1) is 38.9. The lowest BCUT2D eigenvalue weighted by Crippen LogP contribution is -2.38. The lowest BCUT2D eigenvalue weighted by Gasteiger charge is -2.27. The van der Waals surface area contributed by atoms with Crippen LogP contribution in [0, 0.1) is 34.9 Å². The van der Waals surface area contributed by atoms with Crippen LogP contribution in [-0.4, -0.2) is 146 Å². The minimum absolute atomic E-state index is 0.0148. The molecule has 3 amide bonds. The van der Waals surface area contributed by atoms with E-state index in [4.69, 9.17) is 29.5 Å². The number of anilines is 3. The molecule has 3 unspecified atom stereocenters. The highest BCUT2D eigenvalue weighted by Crippen LogP contribution is 2.28. The summed E-state index contributed by atoms with van der Waals surface area (Å²) < 4.78 is 97.0. The van der Waals surface area contributed by atoms with Crippen molar-refractivity contribution in [1.29, 1.82) is 0 Å². The zero-order chi connectivity index (χ0) is 58.2. The van der Waals surface area contributed by atoms with Crippen molar-refractivity contribution in [3.8, 4) is 17.2 Å². The van der Waals surface area contributed by atoms with E-state index in [1.807, 2.05) is 11.9 Å². The SMILES string of the molecule is CN(c1cc(F)cc(F)c1)C1CCN(C(=O)COc2ccc(CO)cc2)C1.CN(c1ccc(F)c(F)c1)C1CCN(C(=O)COc2ccc(CO)cc2)C1.CN(c1ccc(F)cc1F)C1CCN(C(=O)COc2ccc(CO)cc2)C1. The van der Waals surface area contributed by atoms with Crippen LogP contribution < -0.4 is 28.9 Å². The Morgan fingerprint density at radius 1 is 0.432 bits per heavy atom. The lowest BCUT2D eigenvalue weighted by molar-refractivity contribution is -0.133. The Labute approximate surface area is 466 Å². The van der Waals surface area contributed by atoms with Gasteiger partial charge in [0.15, 0.2) is 31.5 Å². The van der Waals surface area contributed by atoms with Gasteiger partial charge in [0.1, 0.15) is 40.5 Å². The predicted molar refractivity (Wildman–Crippen MR) is 293 cm³/mol. The van der Waals surface area contributed by atoms with Crippen molar-refractivity contribution in [1.82, 2.24) is 14.7 Å². The van der Waals surface area contributed by atoms with E-state index in [1.54, 1.807) is 111 Å². The Morgan fingerprint density at radius 2 is 0.815 bits per heavy atom. The molecule has 9 rings (SSSR count). The van der Waals surface area contributed by atoms with Crippen LogP contribution in [0.5, 0.6) is 17.2 Å². The van der Waals surface area contributed by atoms with Gasteiger partial charge in [-0.25, -0.2) is 26.3 Å². The van der Waals surface area contributed by atoms with E-state index < -0.39 is 34.9 Å². The third-order valence-corrected chi connectivity index (χ3v) is 14.5. The molecular formula is C60H66F6N6O9. The van der Waals surface area contributed by atoms with Crippen LogP contribution >= 0.6 is 0 Å². The number of nitrogens with zero attached hydrogens (tertiary/aromatic N) is 6. The molecule has 3 aliphatic rings. The van der Waals surface area contributed by atoms with Gasteiger partial charge in [0.2, 0.25) is 0 Å². The summed E-state index contributed by atoms with van der Waals surface area (Å²) in [7, 11) is 5.32. The molecule has 3 fully saturated rings. The molecule has 0 aromatic heterocycles. The van der Waals surface area contributed by atoms with E-state index in [1.165, 1.54) is 36.4 Å². The Kier molecular flexibility index (Phi) is 21.7. The number of benzene rings is 6. The molecule has 6 aromatic rings. The maximum Gasteiger partial charge on any atom is 0.260 e. The van der Waals surface area contributed by atoms with Crippen LogP contribution in [0.25, 0.3) is 0 Å². The van der Waals surface area contributed by atoms with Crippen LogP contribution in [-0.2, 0) is 34.2 Å². The van der Waals surface area contributed by atoms with E-state index in [2.05, 4.69) is 0 Å². The number of hydrogen-bond acceptors (Lipinski definition) is 12. The third kappa shape index (κ3) is 17.0. The zero-order valence-electron chi connectivity index (χ0n) is 45.2. The Morgan fingerprint density at radius 3 is 1.19 bits per heavy atom. The number of hydrogen-bond donors (Lipinski definition) is 3. The number of carbonyl (C=O) groups is 3. The van der Waals surface area contributed by atoms with Crippen LogP contribution in [0.1, 0.15) is 36.0 Å². The molecule has 15 nitrogen and oxygen atoms in total. The van der Waals surface area contributed by atoms with Crippen molar-refractivity contribution in [2.75, 3.05) is 94.9 Å². The van der Waals surface area contributed by atoms with E-state index in [-0.39, 0.29) is 75.5 Å². The molecule has 3 atom stereocenters. The molecule has 0 radical (unpaired) electrons. The Balaban J connectivity index is 0.000000175. The number of halogens is 6. The summed E-state index contributed by atoms with van der Waals surface area (Å²) in [5.74, 6) is -2.95. The summed E-state index contributed by atoms with van der Waals surface area (Å²) >= 11 is 0. The van der Waals surface area contributed by atoms with Gasteiger partial charge in [-0.2, -0.15) is 0 Å². The van der Waals surface area contributed by atoms with Crippen molar-refractivity contribution >= 4 is 34.8 Å². The third-order valence-electron chi connectivity index (χ3n) is 14.5. The lowest BCUT2D eigenvalue weighted by atomic mass is 10.2. The van der Waals surface area contributed by atoms with Crippen molar-refractivity contribution in [2.45, 2.75) is 57.2 Å². The molecule has 3 saturated heterocycles. The number of carbonyl (C=O) groups excluding carboxylic acids is 3. The van der Waals surface area contributed by atoms with Crippen molar-refractivity contribution < 1.29 is 70.3 Å². The van der Waals surface area contributed by atoms with Gasteiger partial charge in [-0.15, -0.1) is 0 Å². The van der Waals surface area contributed by atoms with Crippen LogP contribution in [0.3, 0.4) is 0 Å². The fraction of sp³-hybridized carbons (Fsp3) is 0.350. The molecule has 3 aliphatic heterocycles. The van der Waals surface area contributed by atoms with Crippen molar-refractivity contribution in [2.24, 2.45) is 0 Å². The molecule has 0 bridgehead atoms. The number of rotatable bonds is 18. The number of likely N-dealkylation sites (tertiary alicyclic amines) is 3. The molecule has 81 heavy (non-hydrogen) atoms. The first kappa shape index (κ1) is 60.6. The topological polar surface area (TPSA) is 159 Å². The highest BCUT2D eigenvalue weighted by atomic mass is 19.2. The van der Waals surface area contributed by atoms with Crippen LogP contribution in [0.4, 0.5) is 43.4 Å². The molecule has 3 N–H and O–H groups in total. The molecule has 0 spiro atoms. The van der Waals surface area contributed by atoms with Crippen LogP contribution in [0.15, 0.2) is 127 Å². The Bertz CT molecular complexity index is 3020. The molecule has 432 valence electrons. The quantitative estimate of drug-likeness (QED) is 0.0721. The summed E-state index contributed by atoms with van der Waals surface area (Å²) in [6.45, 7) is 2.78. The smallest absolute Gasteiger partial charge is 0.260 e. The van der Waals surface area contributed by atoms with Gasteiger partial charge in [-0.1, -0.05) is 36.4 Å². The zero-order valence-corrected chi connectivity index (χ0v) is 45.2. The maximum absolute atomic E-state index is 14.0. The number of aliphatic hydroxyl groups excluding tert-OH is 3. The van der Waals surface area contributed by atoms with Gasteiger partial charge in [0, 0.05) is 108 Å². The van der Waals surface area contributed by atoms with Crippen LogP contribution in [0.2, 0.25) is 0 Å². The van der Waals surface area contributed by atoms with Crippen molar-refractivity contribution in [3.05, 3.63) is 179 Å². The summed E-state index contributed by atoms with van der Waals surface area (Å²) in [5.41, 5.74) is 3.66. The monoisotopic (exact) mass is 1130 g/mol. The minimum atomic E-state index is -0.883. The van der Waals surface area contributed by atoms with E-state index in [0.717, 1.165) is 41.3 Å². The summed E-state index contributed by atoms with van der Waals surface area (Å²) in [5, 5.41) is 27.1. The average Bonchev–Trinajstić information content (AvgIpc) is 4.41. The second-order valence-corrected chi connectivity index (χ2v) is 19.8. The largest absolute Gasteiger partial charge is 0.484 e. The number of ether oxygens (including phenoxy) is 3. The highest BCUT2D eigenvalue weighted by molar-refractivity contribution is 5.79. The highest BCUT2D eigenvalue weighted by Gasteiger charge is 2.32. The molecule has 6 aromatic carbocycles. The average molecular weight is 1130 g/mol. The van der Waals surface area contributed by atoms with Gasteiger partial charge in [-0.05, 0) is 109 Å². The molecule has 0 aliphatic carbocycles. The number of aliphatic hydroxyl groups is 3. The van der Waals surface area contributed by atoms with E-state index in [0.29, 0.717) is 86.4 Å². The summed E-state index contributed by atoms with van der Waals surface area (Å²) in [6.07, 6.45) is 2.16. The minimum Gasteiger partial charge on any atom is -0.484 e. The predicted octanol–water partition coefficient (Wildman–Crippen LogP) is 7.72. The van der Waals surface area contributed by atoms with Crippen molar-refractivity contribution in [3.63, 3.8) is 0 Å². The molecule has 21 heteroatoms. The maximum atomic E-state index is 14.0. The second-order valence-electron chi connectivity index (χ2n) is 19.8. The number of likely N-dealkylation sites (N-methyl/N-ethyl adjacent to an activating group) is 3. The summed E-state index contributed by atoms with van der Waals surface area (Å²) in [4.78, 5) is 47.6. The number of amides is 3. The Hall–Kier alpha value is -8.01. The van der Waals surface area contributed by atoms with Gasteiger partial charge in [-0.3, -0.25) is 14.4 Å². The second kappa shape index (κ2) is 28.9. The standard InChI is InChI=1S/3C20H22F2N2O3/c1-23(19-7-4-15(21)10-18(19)22)16-8-9-24(11-16)20(26)13-27-17-5-2-14(12-25)3-6-17;1-23(15-4-7-18(21)19(22)10-15)16-8-9-24(11-16)20(26)13-27-17-5-2-14(12-25)3-6-17;1-23(18-9-15(21)8-16(22)10-18)17-6-7-24(11-17)20(26)13-27-19-4-2-14(12-25)3-5-19/h2*2-7,10,16,25H,8-9,11-13H2,1H3;2-5,8-10,17,25H,6-7,11-13H2,1H3. The van der Waals surface area contributed by atoms with E-state index >= 15 is 0 Å². The normalized spacial score (nSPS) is 16.4. The fourth-order valence-corrected chi connectivity index (χ4v) is 9.47. The molecule has 0 saturated carbocycles. The molecular weight excluding hydrogens is 1060 g/mol. The fourth-order valence-electron chi connectivity index (χ4n) is 9.47. The van der Waals surface area contributed by atoms with Gasteiger partial charge >= 0.3 is 0 Å². The van der Waals surface area contributed by atoms with Gasteiger partial charge in [0.05, 0.1) is 25.5 Å². The van der Waals surface area contributed by atoms with Gasteiger partial charge in [0.25, 0.3) is 17.7 Å². The van der Waals surface area contributed by atoms with E-state index in [9.17, 15) is 40.7 Å². The summed E-state index contributed by atoms with van der Waals surface area (Å²) in [6, 6.07) is 31.3. The molecule has 3 heterocycles. The van der Waals surface area contributed by atoms with Gasteiger partial charge < -0.3 is 58.9 Å². The first-order valence-corrected chi connectivity index (χ1v) is 26.3.